The van der Waals surface area contributed by atoms with Gasteiger partial charge in [0.1, 0.15) is 25.3 Å². The molecule has 9 nitrogen and oxygen atoms in total. The summed E-state index contributed by atoms with van der Waals surface area (Å²) >= 11 is 0. The smallest absolute Gasteiger partial charge is 0.338 e. The highest BCUT2D eigenvalue weighted by atomic mass is 28.4. The summed E-state index contributed by atoms with van der Waals surface area (Å²) in [6.07, 6.45) is 2.29. The van der Waals surface area contributed by atoms with Crippen molar-refractivity contribution in [1.29, 1.82) is 0 Å². The van der Waals surface area contributed by atoms with Gasteiger partial charge in [-0.1, -0.05) is 160 Å². The van der Waals surface area contributed by atoms with Crippen LogP contribution in [0.25, 0.3) is 0 Å². The molecular weight excluding hydrogens is 849 g/mol. The van der Waals surface area contributed by atoms with E-state index < -0.39 is 52.3 Å². The highest BCUT2D eigenvalue weighted by molar-refractivity contribution is 6.77. The Labute approximate surface area is 393 Å². The zero-order valence-electron chi connectivity index (χ0n) is 41.3. The quantitative estimate of drug-likeness (QED) is 0.0270. The molecule has 3 aromatic rings. The number of rotatable bonds is 25. The molecule has 1 fully saturated rings. The number of carbonyl (C=O) groups excluding carboxylic acids is 2. The molecule has 65 heavy (non-hydrogen) atoms. The van der Waals surface area contributed by atoms with Gasteiger partial charge < -0.3 is 32.8 Å². The zero-order chi connectivity index (χ0) is 47.2. The first-order valence-electron chi connectivity index (χ1n) is 24.2. The summed E-state index contributed by atoms with van der Waals surface area (Å²) in [7, 11) is -3.74. The van der Waals surface area contributed by atoms with E-state index >= 15 is 0 Å². The Bertz CT molecular complexity index is 1880. The summed E-state index contributed by atoms with van der Waals surface area (Å²) in [5, 5.41) is 0. The van der Waals surface area contributed by atoms with Crippen LogP contribution >= 0.6 is 0 Å². The van der Waals surface area contributed by atoms with E-state index in [1.807, 2.05) is 66.7 Å². The SMILES string of the molecule is CC(C)[Si](OC[C@H]1O[C@@H](c2ccccc2)O[C@@H]([C@H]2C=C(C=O)CC[C@@]2(COC(=O)c2ccccc2)C[C@H](C)[C@@H](C)COCc2ccccc2)[C@@H]1OCOCC[Si](C)(C)C)(C(C)C)C(C)C. The molecule has 1 saturated heterocycles. The van der Waals surface area contributed by atoms with Crippen LogP contribution in [-0.4, -0.2) is 80.2 Å². The number of ether oxygens (including phenoxy) is 6. The molecule has 2 aliphatic rings. The Hall–Kier alpha value is -3.27. The first-order valence-corrected chi connectivity index (χ1v) is 30.0. The van der Waals surface area contributed by atoms with E-state index in [0.717, 1.165) is 23.5 Å². The van der Waals surface area contributed by atoms with Crippen LogP contribution in [0.4, 0.5) is 0 Å². The number of benzene rings is 3. The van der Waals surface area contributed by atoms with Crippen LogP contribution in [0.3, 0.4) is 0 Å². The molecule has 0 spiro atoms. The molecule has 358 valence electrons. The van der Waals surface area contributed by atoms with Crippen molar-refractivity contribution >= 4 is 28.6 Å². The number of carbonyl (C=O) groups is 2. The molecule has 1 aliphatic heterocycles. The number of hydrogen-bond acceptors (Lipinski definition) is 9. The minimum absolute atomic E-state index is 0.0468. The molecule has 0 saturated carbocycles. The average Bonchev–Trinajstić information content (AvgIpc) is 3.28. The molecule has 8 atom stereocenters. The fourth-order valence-corrected chi connectivity index (χ4v) is 16.5. The normalized spacial score (nSPS) is 23.9. The standard InChI is InChI=1S/C54H80O9Si2/c1-39(2)65(40(3)4,41(5)6)61-36-49-51(60-38-57-29-30-64(9,10)11)50(63-53(62-49)47-25-19-14-20-26-47)48-31-45(33-55)27-28-54(48,37-59-52(56)46-23-17-13-18-24-46)32-42(7)43(8)34-58-35-44-21-15-12-16-22-44/h12-26,31,33,39-43,48-51,53H,27-30,32,34-38H2,1-11H3/t42-,43-,48+,49+,50-,51+,53+,54-/m0/s1. The van der Waals surface area contributed by atoms with E-state index in [9.17, 15) is 9.59 Å². The van der Waals surface area contributed by atoms with Crippen molar-refractivity contribution in [3.63, 3.8) is 0 Å². The Balaban J connectivity index is 1.59. The van der Waals surface area contributed by atoms with Gasteiger partial charge in [-0.3, -0.25) is 4.79 Å². The lowest BCUT2D eigenvalue weighted by molar-refractivity contribution is -0.324. The maximum Gasteiger partial charge on any atom is 0.338 e. The summed E-state index contributed by atoms with van der Waals surface area (Å²) < 4.78 is 47.6. The van der Waals surface area contributed by atoms with E-state index in [-0.39, 0.29) is 31.2 Å². The molecule has 1 aliphatic carbocycles. The molecule has 0 N–H and O–H groups in total. The lowest BCUT2D eigenvalue weighted by atomic mass is 9.60. The van der Waals surface area contributed by atoms with Gasteiger partial charge in [-0.2, -0.15) is 0 Å². The predicted octanol–water partition coefficient (Wildman–Crippen LogP) is 12.6. The highest BCUT2D eigenvalue weighted by Gasteiger charge is 2.54. The minimum Gasteiger partial charge on any atom is -0.461 e. The van der Waals surface area contributed by atoms with Crippen molar-refractivity contribution < 1.29 is 42.4 Å². The molecule has 0 bridgehead atoms. The van der Waals surface area contributed by atoms with Gasteiger partial charge in [0.15, 0.2) is 14.6 Å². The van der Waals surface area contributed by atoms with Gasteiger partial charge in [0.05, 0.1) is 31.5 Å². The summed E-state index contributed by atoms with van der Waals surface area (Å²) in [6, 6.07) is 30.4. The lowest BCUT2D eigenvalue weighted by Crippen LogP contribution is -2.59. The Morgan fingerprint density at radius 3 is 2.02 bits per heavy atom. The fourth-order valence-electron chi connectivity index (χ4n) is 10.3. The number of aldehydes is 1. The Morgan fingerprint density at radius 2 is 1.42 bits per heavy atom. The minimum atomic E-state index is -2.37. The average molecular weight is 929 g/mol. The Morgan fingerprint density at radius 1 is 0.800 bits per heavy atom. The molecule has 0 unspecified atom stereocenters. The molecule has 3 aromatic carbocycles. The molecule has 0 amide bonds. The van der Waals surface area contributed by atoms with Gasteiger partial charge >= 0.3 is 5.97 Å². The molecule has 1 heterocycles. The summed E-state index contributed by atoms with van der Waals surface area (Å²) in [4.78, 5) is 26.8. The van der Waals surface area contributed by atoms with E-state index in [2.05, 4.69) is 93.2 Å². The monoisotopic (exact) mass is 929 g/mol. The topological polar surface area (TPSA) is 98.8 Å². The molecule has 0 aromatic heterocycles. The van der Waals surface area contributed by atoms with Crippen LogP contribution in [-0.2, 0) is 44.2 Å². The molecule has 0 radical (unpaired) electrons. The van der Waals surface area contributed by atoms with Crippen LogP contribution in [0.2, 0.25) is 42.3 Å². The van der Waals surface area contributed by atoms with Crippen molar-refractivity contribution in [2.24, 2.45) is 23.2 Å². The van der Waals surface area contributed by atoms with E-state index in [0.29, 0.717) is 73.5 Å². The van der Waals surface area contributed by atoms with Crippen LogP contribution in [0.1, 0.15) is 102 Å². The van der Waals surface area contributed by atoms with Crippen molar-refractivity contribution in [2.45, 2.75) is 148 Å². The fraction of sp³-hybridized carbons (Fsp3) is 0.593. The second-order valence-electron chi connectivity index (χ2n) is 21.0. The third-order valence-electron chi connectivity index (χ3n) is 14.1. The van der Waals surface area contributed by atoms with E-state index in [1.54, 1.807) is 12.1 Å². The van der Waals surface area contributed by atoms with Crippen molar-refractivity contribution in [1.82, 2.24) is 0 Å². The second-order valence-corrected chi connectivity index (χ2v) is 32.0. The summed E-state index contributed by atoms with van der Waals surface area (Å²) in [5.41, 5.74) is 3.60. The first-order chi connectivity index (χ1) is 31.0. The molecule has 11 heteroatoms. The van der Waals surface area contributed by atoms with Crippen LogP contribution in [0, 0.1) is 23.2 Å². The maximum atomic E-state index is 13.9. The van der Waals surface area contributed by atoms with Gasteiger partial charge in [-0.05, 0) is 77.0 Å². The van der Waals surface area contributed by atoms with Crippen LogP contribution < -0.4 is 0 Å². The van der Waals surface area contributed by atoms with Crippen molar-refractivity contribution in [3.8, 4) is 0 Å². The van der Waals surface area contributed by atoms with Gasteiger partial charge in [0.2, 0.25) is 0 Å². The third-order valence-corrected chi connectivity index (χ3v) is 21.9. The second kappa shape index (κ2) is 24.7. The zero-order valence-corrected chi connectivity index (χ0v) is 43.3. The summed E-state index contributed by atoms with van der Waals surface area (Å²) in [5.74, 6) is -0.507. The number of allylic oxidation sites excluding steroid dienone is 1. The predicted molar refractivity (Wildman–Crippen MR) is 265 cm³/mol. The van der Waals surface area contributed by atoms with Crippen LogP contribution in [0.5, 0.6) is 0 Å². The molecule has 5 rings (SSSR count). The summed E-state index contributed by atoms with van der Waals surface area (Å²) in [6.45, 7) is 27.4. The molecular formula is C54H80O9Si2. The van der Waals surface area contributed by atoms with Gasteiger partial charge in [-0.15, -0.1) is 0 Å². The maximum absolute atomic E-state index is 13.9. The van der Waals surface area contributed by atoms with E-state index in [1.165, 1.54) is 0 Å². The number of hydrogen-bond donors (Lipinski definition) is 0. The highest BCUT2D eigenvalue weighted by Crippen LogP contribution is 2.52. The van der Waals surface area contributed by atoms with Gasteiger partial charge in [0.25, 0.3) is 0 Å². The van der Waals surface area contributed by atoms with Crippen molar-refractivity contribution in [2.75, 3.05) is 33.2 Å². The van der Waals surface area contributed by atoms with Crippen LogP contribution in [0.15, 0.2) is 103 Å². The number of esters is 1. The third kappa shape index (κ3) is 14.4. The van der Waals surface area contributed by atoms with Crippen molar-refractivity contribution in [3.05, 3.63) is 119 Å². The Kier molecular flexibility index (Phi) is 20.0. The largest absolute Gasteiger partial charge is 0.461 e. The van der Waals surface area contributed by atoms with E-state index in [4.69, 9.17) is 32.8 Å². The van der Waals surface area contributed by atoms with Gasteiger partial charge in [-0.25, -0.2) is 4.79 Å². The lowest BCUT2D eigenvalue weighted by Gasteiger charge is -2.52. The van der Waals surface area contributed by atoms with Gasteiger partial charge in [0, 0.05) is 38.2 Å². The first kappa shape index (κ1) is 52.7.